The molecule has 0 aliphatic heterocycles. The fraction of sp³-hybridized carbons (Fsp3) is 0.471. The Hall–Kier alpha value is -2.17. The van der Waals surface area contributed by atoms with Gasteiger partial charge in [-0.25, -0.2) is 4.79 Å². The van der Waals surface area contributed by atoms with E-state index in [2.05, 4.69) is 0 Å². The lowest BCUT2D eigenvalue weighted by molar-refractivity contribution is -0.141. The standard InChI is InChI=1S/C17H24O5/c1-7-21-17(18)16(10-19-5)22-15-8-12(4)14(20-6)9-13(15)11(2)3/h8-11H,7H2,1-6H3/b16-10+. The highest BCUT2D eigenvalue weighted by Crippen LogP contribution is 2.34. The molecule has 122 valence electrons. The summed E-state index contributed by atoms with van der Waals surface area (Å²) < 4.78 is 21.0. The van der Waals surface area contributed by atoms with E-state index in [0.29, 0.717) is 5.75 Å². The Morgan fingerprint density at radius 1 is 1.23 bits per heavy atom. The first-order chi connectivity index (χ1) is 10.4. The van der Waals surface area contributed by atoms with Crippen molar-refractivity contribution in [2.75, 3.05) is 20.8 Å². The molecule has 1 rings (SSSR count). The maximum absolute atomic E-state index is 11.9. The van der Waals surface area contributed by atoms with Crippen LogP contribution in [0.4, 0.5) is 0 Å². The smallest absolute Gasteiger partial charge is 0.377 e. The van der Waals surface area contributed by atoms with Crippen LogP contribution in [0, 0.1) is 6.92 Å². The number of carbonyl (C=O) groups is 1. The van der Waals surface area contributed by atoms with Crippen molar-refractivity contribution in [3.63, 3.8) is 0 Å². The molecule has 22 heavy (non-hydrogen) atoms. The highest BCUT2D eigenvalue weighted by molar-refractivity contribution is 5.86. The number of carbonyl (C=O) groups excluding carboxylic acids is 1. The second kappa shape index (κ2) is 8.32. The van der Waals surface area contributed by atoms with E-state index >= 15 is 0 Å². The molecule has 0 unspecified atom stereocenters. The summed E-state index contributed by atoms with van der Waals surface area (Å²) in [4.78, 5) is 11.9. The zero-order valence-corrected chi connectivity index (χ0v) is 14.1. The van der Waals surface area contributed by atoms with Crippen LogP contribution in [0.5, 0.6) is 11.5 Å². The predicted molar refractivity (Wildman–Crippen MR) is 84.2 cm³/mol. The monoisotopic (exact) mass is 308 g/mol. The van der Waals surface area contributed by atoms with E-state index in [1.165, 1.54) is 13.4 Å². The Kier molecular flexibility index (Phi) is 6.76. The zero-order valence-electron chi connectivity index (χ0n) is 14.1. The molecule has 0 saturated heterocycles. The lowest BCUT2D eigenvalue weighted by Gasteiger charge is -2.17. The predicted octanol–water partition coefficient (Wildman–Crippen LogP) is 3.56. The minimum absolute atomic E-state index is 0.0100. The van der Waals surface area contributed by atoms with Gasteiger partial charge in [0.2, 0.25) is 5.76 Å². The van der Waals surface area contributed by atoms with E-state index in [1.54, 1.807) is 14.0 Å². The summed E-state index contributed by atoms with van der Waals surface area (Å²) in [5.41, 5.74) is 1.86. The molecule has 1 aromatic rings. The van der Waals surface area contributed by atoms with Gasteiger partial charge < -0.3 is 18.9 Å². The Balaban J connectivity index is 3.21. The first kappa shape index (κ1) is 17.9. The molecular weight excluding hydrogens is 284 g/mol. The van der Waals surface area contributed by atoms with Crippen LogP contribution < -0.4 is 9.47 Å². The summed E-state index contributed by atoms with van der Waals surface area (Å²) in [5.74, 6) is 1.02. The van der Waals surface area contributed by atoms with Gasteiger partial charge in [-0.15, -0.1) is 0 Å². The molecule has 0 saturated carbocycles. The number of aryl methyl sites for hydroxylation is 1. The van der Waals surface area contributed by atoms with Crippen molar-refractivity contribution in [1.82, 2.24) is 0 Å². The molecule has 0 fully saturated rings. The van der Waals surface area contributed by atoms with Gasteiger partial charge in [-0.2, -0.15) is 0 Å². The fourth-order valence-electron chi connectivity index (χ4n) is 1.98. The first-order valence-corrected chi connectivity index (χ1v) is 7.21. The van der Waals surface area contributed by atoms with Crippen LogP contribution in [0.1, 0.15) is 37.8 Å². The number of benzene rings is 1. The molecule has 0 spiro atoms. The van der Waals surface area contributed by atoms with E-state index in [9.17, 15) is 4.79 Å². The molecule has 0 radical (unpaired) electrons. The normalized spacial score (nSPS) is 11.3. The maximum Gasteiger partial charge on any atom is 0.377 e. The second-order valence-electron chi connectivity index (χ2n) is 5.05. The molecule has 0 N–H and O–H groups in total. The SMILES string of the molecule is CCOC(=O)/C(=C\OC)Oc1cc(C)c(OC)cc1C(C)C. The van der Waals surface area contributed by atoms with Crippen LogP contribution in [0.25, 0.3) is 0 Å². The van der Waals surface area contributed by atoms with Crippen molar-refractivity contribution >= 4 is 5.97 Å². The van der Waals surface area contributed by atoms with E-state index in [4.69, 9.17) is 18.9 Å². The lowest BCUT2D eigenvalue weighted by Crippen LogP contribution is -2.14. The average molecular weight is 308 g/mol. The molecule has 5 heteroatoms. The van der Waals surface area contributed by atoms with Crippen LogP contribution in [0.2, 0.25) is 0 Å². The van der Waals surface area contributed by atoms with E-state index < -0.39 is 5.97 Å². The van der Waals surface area contributed by atoms with Crippen molar-refractivity contribution in [3.8, 4) is 11.5 Å². The Morgan fingerprint density at radius 3 is 2.41 bits per heavy atom. The number of hydrogen-bond acceptors (Lipinski definition) is 5. The number of hydrogen-bond donors (Lipinski definition) is 0. The summed E-state index contributed by atoms with van der Waals surface area (Å²) >= 11 is 0. The highest BCUT2D eigenvalue weighted by atomic mass is 16.6. The third kappa shape index (κ3) is 4.41. The molecule has 0 aliphatic rings. The molecule has 0 aliphatic carbocycles. The fourth-order valence-corrected chi connectivity index (χ4v) is 1.98. The van der Waals surface area contributed by atoms with Gasteiger partial charge in [0.25, 0.3) is 0 Å². The topological polar surface area (TPSA) is 54.0 Å². The average Bonchev–Trinajstić information content (AvgIpc) is 2.46. The van der Waals surface area contributed by atoms with Gasteiger partial charge in [0.15, 0.2) is 0 Å². The number of esters is 1. The van der Waals surface area contributed by atoms with Gasteiger partial charge in [0, 0.05) is 5.56 Å². The Morgan fingerprint density at radius 2 is 1.91 bits per heavy atom. The minimum atomic E-state index is -0.562. The number of ether oxygens (including phenoxy) is 4. The van der Waals surface area contributed by atoms with Gasteiger partial charge in [0.1, 0.15) is 17.8 Å². The molecule has 0 heterocycles. The quantitative estimate of drug-likeness (QED) is 0.438. The van der Waals surface area contributed by atoms with Crippen LogP contribution in [0.15, 0.2) is 24.2 Å². The van der Waals surface area contributed by atoms with Crippen molar-refractivity contribution in [3.05, 3.63) is 35.3 Å². The molecular formula is C17H24O5. The van der Waals surface area contributed by atoms with Gasteiger partial charge >= 0.3 is 5.97 Å². The van der Waals surface area contributed by atoms with E-state index in [-0.39, 0.29) is 18.3 Å². The van der Waals surface area contributed by atoms with E-state index in [1.807, 2.05) is 32.9 Å². The third-order valence-electron chi connectivity index (χ3n) is 3.07. The highest BCUT2D eigenvalue weighted by Gasteiger charge is 2.19. The number of rotatable bonds is 7. The zero-order chi connectivity index (χ0) is 16.7. The van der Waals surface area contributed by atoms with Crippen molar-refractivity contribution in [2.45, 2.75) is 33.6 Å². The summed E-state index contributed by atoms with van der Waals surface area (Å²) in [6.45, 7) is 8.00. The van der Waals surface area contributed by atoms with Gasteiger partial charge in [-0.3, -0.25) is 0 Å². The van der Waals surface area contributed by atoms with Crippen LogP contribution >= 0.6 is 0 Å². The first-order valence-electron chi connectivity index (χ1n) is 7.21. The number of methoxy groups -OCH3 is 2. The van der Waals surface area contributed by atoms with Gasteiger partial charge in [-0.1, -0.05) is 13.8 Å². The molecule has 5 nitrogen and oxygen atoms in total. The lowest BCUT2D eigenvalue weighted by atomic mass is 10.00. The van der Waals surface area contributed by atoms with Crippen LogP contribution in [0.3, 0.4) is 0 Å². The summed E-state index contributed by atoms with van der Waals surface area (Å²) in [6.07, 6.45) is 1.24. The van der Waals surface area contributed by atoms with Crippen molar-refractivity contribution < 1.29 is 23.7 Å². The second-order valence-corrected chi connectivity index (χ2v) is 5.05. The maximum atomic E-state index is 11.9. The molecule has 0 atom stereocenters. The molecule has 0 bridgehead atoms. The minimum Gasteiger partial charge on any atom is -0.500 e. The molecule has 1 aromatic carbocycles. The van der Waals surface area contributed by atoms with Crippen molar-refractivity contribution in [1.29, 1.82) is 0 Å². The summed E-state index contributed by atoms with van der Waals surface area (Å²) in [6, 6.07) is 3.77. The van der Waals surface area contributed by atoms with E-state index in [0.717, 1.165) is 16.9 Å². The Bertz CT molecular complexity index is 546. The van der Waals surface area contributed by atoms with Gasteiger partial charge in [0.05, 0.1) is 20.8 Å². The van der Waals surface area contributed by atoms with Crippen LogP contribution in [-0.2, 0) is 14.3 Å². The molecule has 0 amide bonds. The Labute approximate surface area is 131 Å². The van der Waals surface area contributed by atoms with Gasteiger partial charge in [-0.05, 0) is 37.5 Å². The largest absolute Gasteiger partial charge is 0.500 e. The third-order valence-corrected chi connectivity index (χ3v) is 3.07. The van der Waals surface area contributed by atoms with Crippen molar-refractivity contribution in [2.24, 2.45) is 0 Å². The van der Waals surface area contributed by atoms with Crippen LogP contribution in [-0.4, -0.2) is 26.8 Å². The summed E-state index contributed by atoms with van der Waals surface area (Å²) in [5, 5.41) is 0. The molecule has 0 aromatic heterocycles. The summed E-state index contributed by atoms with van der Waals surface area (Å²) in [7, 11) is 3.08.